The normalized spacial score (nSPS) is 23.1. The second-order valence-electron chi connectivity index (χ2n) is 4.79. The van der Waals surface area contributed by atoms with Crippen molar-refractivity contribution < 1.29 is 9.53 Å². The fourth-order valence-electron chi connectivity index (χ4n) is 2.63. The van der Waals surface area contributed by atoms with Crippen molar-refractivity contribution in [3.8, 4) is 0 Å². The minimum Gasteiger partial charge on any atom is -0.378 e. The molecule has 1 aromatic rings. The summed E-state index contributed by atoms with van der Waals surface area (Å²) < 4.78 is 5.54. The highest BCUT2D eigenvalue weighted by molar-refractivity contribution is 5.93. The van der Waals surface area contributed by atoms with Crippen LogP contribution in [0.2, 0.25) is 0 Å². The van der Waals surface area contributed by atoms with Crippen LogP contribution in [0.15, 0.2) is 30.3 Å². The number of hydrogen-bond acceptors (Lipinski definition) is 3. The molecule has 1 heterocycles. The third-order valence-corrected chi connectivity index (χ3v) is 3.63. The highest BCUT2D eigenvalue weighted by Crippen LogP contribution is 2.23. The predicted molar refractivity (Wildman–Crippen MR) is 76.3 cm³/mol. The molecule has 2 atom stereocenters. The number of carbonyl (C=O) groups is 1. The summed E-state index contributed by atoms with van der Waals surface area (Å²) in [6.07, 6.45) is 1.47. The van der Waals surface area contributed by atoms with Crippen LogP contribution in [0, 0.1) is 0 Å². The van der Waals surface area contributed by atoms with Crippen LogP contribution in [0.25, 0.3) is 0 Å². The Morgan fingerprint density at radius 2 is 2.16 bits per heavy atom. The number of para-hydroxylation sites is 1. The van der Waals surface area contributed by atoms with Gasteiger partial charge in [-0.15, -0.1) is 0 Å². The number of rotatable bonds is 4. The van der Waals surface area contributed by atoms with Gasteiger partial charge in [-0.05, 0) is 25.1 Å². The molecule has 0 unspecified atom stereocenters. The molecule has 1 fully saturated rings. The van der Waals surface area contributed by atoms with E-state index in [1.165, 1.54) is 0 Å². The SMILES string of the molecule is CCC(=O)N(c1ccccc1)[C@H]1CCNC[C@H]1OC. The first-order chi connectivity index (χ1) is 9.27. The number of benzene rings is 1. The summed E-state index contributed by atoms with van der Waals surface area (Å²) in [5.41, 5.74) is 0.961. The van der Waals surface area contributed by atoms with Gasteiger partial charge in [0.2, 0.25) is 5.91 Å². The molecule has 0 radical (unpaired) electrons. The summed E-state index contributed by atoms with van der Waals surface area (Å²) in [4.78, 5) is 14.2. The van der Waals surface area contributed by atoms with Crippen LogP contribution in [0.5, 0.6) is 0 Å². The fraction of sp³-hybridized carbons (Fsp3) is 0.533. The van der Waals surface area contributed by atoms with Crippen LogP contribution in [0.4, 0.5) is 5.69 Å². The maximum atomic E-state index is 12.3. The van der Waals surface area contributed by atoms with E-state index in [1.807, 2.05) is 42.2 Å². The molecule has 1 N–H and O–H groups in total. The molecule has 0 aliphatic carbocycles. The van der Waals surface area contributed by atoms with E-state index in [2.05, 4.69) is 5.32 Å². The van der Waals surface area contributed by atoms with Gasteiger partial charge in [-0.25, -0.2) is 0 Å². The second kappa shape index (κ2) is 6.68. The number of nitrogens with one attached hydrogen (secondary N) is 1. The van der Waals surface area contributed by atoms with Gasteiger partial charge in [0.15, 0.2) is 0 Å². The standard InChI is InChI=1S/C15H22N2O2/c1-3-15(18)17(12-7-5-4-6-8-12)13-9-10-16-11-14(13)19-2/h4-8,13-14,16H,3,9-11H2,1-2H3/t13-,14+/m0/s1. The lowest BCUT2D eigenvalue weighted by Gasteiger charge is -2.39. The molecule has 1 amide bonds. The summed E-state index contributed by atoms with van der Waals surface area (Å²) in [6, 6.07) is 9.99. The lowest BCUT2D eigenvalue weighted by Crippen LogP contribution is -2.55. The van der Waals surface area contributed by atoms with Crippen LogP contribution in [-0.4, -0.2) is 38.3 Å². The largest absolute Gasteiger partial charge is 0.378 e. The van der Waals surface area contributed by atoms with Gasteiger partial charge in [0.25, 0.3) is 0 Å². The van der Waals surface area contributed by atoms with E-state index in [4.69, 9.17) is 4.74 Å². The average molecular weight is 262 g/mol. The molecule has 104 valence electrons. The Kier molecular flexibility index (Phi) is 4.93. The molecule has 0 bridgehead atoms. The highest BCUT2D eigenvalue weighted by Gasteiger charge is 2.33. The van der Waals surface area contributed by atoms with Gasteiger partial charge in [0, 0.05) is 25.8 Å². The van der Waals surface area contributed by atoms with Gasteiger partial charge in [0.05, 0.1) is 12.1 Å². The van der Waals surface area contributed by atoms with Crippen molar-refractivity contribution in [1.82, 2.24) is 5.32 Å². The van der Waals surface area contributed by atoms with Crippen molar-refractivity contribution in [2.45, 2.75) is 31.9 Å². The molecule has 1 aliphatic rings. The number of ether oxygens (including phenoxy) is 1. The minimum atomic E-state index is 0.0458. The number of carbonyl (C=O) groups excluding carboxylic acids is 1. The zero-order valence-corrected chi connectivity index (χ0v) is 11.6. The molecule has 2 rings (SSSR count). The van der Waals surface area contributed by atoms with Crippen molar-refractivity contribution >= 4 is 11.6 Å². The summed E-state index contributed by atoms with van der Waals surface area (Å²) in [5.74, 6) is 0.153. The number of methoxy groups -OCH3 is 1. The lowest BCUT2D eigenvalue weighted by molar-refractivity contribution is -0.119. The van der Waals surface area contributed by atoms with Crippen LogP contribution >= 0.6 is 0 Å². The Morgan fingerprint density at radius 3 is 2.79 bits per heavy atom. The van der Waals surface area contributed by atoms with Crippen molar-refractivity contribution in [3.63, 3.8) is 0 Å². The van der Waals surface area contributed by atoms with Gasteiger partial charge >= 0.3 is 0 Å². The summed E-state index contributed by atoms with van der Waals surface area (Å²) in [6.45, 7) is 3.62. The Morgan fingerprint density at radius 1 is 1.42 bits per heavy atom. The minimum absolute atomic E-state index is 0.0458. The quantitative estimate of drug-likeness (QED) is 0.899. The van der Waals surface area contributed by atoms with E-state index in [-0.39, 0.29) is 18.1 Å². The van der Waals surface area contributed by atoms with Crippen LogP contribution in [0.1, 0.15) is 19.8 Å². The first-order valence-corrected chi connectivity index (χ1v) is 6.88. The zero-order chi connectivity index (χ0) is 13.7. The average Bonchev–Trinajstić information content (AvgIpc) is 2.49. The zero-order valence-electron chi connectivity index (χ0n) is 11.6. The molecule has 0 aromatic heterocycles. The summed E-state index contributed by atoms with van der Waals surface area (Å²) >= 11 is 0. The smallest absolute Gasteiger partial charge is 0.227 e. The molecule has 4 heteroatoms. The van der Waals surface area contributed by atoms with Gasteiger partial charge in [-0.3, -0.25) is 4.79 Å². The number of nitrogens with zero attached hydrogens (tertiary/aromatic N) is 1. The Bertz CT molecular complexity index is 408. The molecule has 1 saturated heterocycles. The van der Waals surface area contributed by atoms with Gasteiger partial charge in [0.1, 0.15) is 0 Å². The van der Waals surface area contributed by atoms with E-state index in [1.54, 1.807) is 7.11 Å². The molecule has 19 heavy (non-hydrogen) atoms. The number of hydrogen-bond donors (Lipinski definition) is 1. The summed E-state index contributed by atoms with van der Waals surface area (Å²) in [7, 11) is 1.71. The van der Waals surface area contributed by atoms with Crippen LogP contribution in [-0.2, 0) is 9.53 Å². The van der Waals surface area contributed by atoms with Crippen molar-refractivity contribution in [2.75, 3.05) is 25.1 Å². The summed E-state index contributed by atoms with van der Waals surface area (Å²) in [5, 5.41) is 3.32. The topological polar surface area (TPSA) is 41.6 Å². The van der Waals surface area contributed by atoms with Crippen LogP contribution < -0.4 is 10.2 Å². The Balaban J connectivity index is 2.29. The Labute approximate surface area is 114 Å². The molecular weight excluding hydrogens is 240 g/mol. The van der Waals surface area contributed by atoms with Crippen molar-refractivity contribution in [2.24, 2.45) is 0 Å². The van der Waals surface area contributed by atoms with E-state index < -0.39 is 0 Å². The molecule has 1 aromatic carbocycles. The fourth-order valence-corrected chi connectivity index (χ4v) is 2.63. The van der Waals surface area contributed by atoms with Gasteiger partial charge in [-0.1, -0.05) is 25.1 Å². The maximum absolute atomic E-state index is 12.3. The van der Waals surface area contributed by atoms with E-state index >= 15 is 0 Å². The third-order valence-electron chi connectivity index (χ3n) is 3.63. The van der Waals surface area contributed by atoms with Crippen LogP contribution in [0.3, 0.4) is 0 Å². The predicted octanol–water partition coefficient (Wildman–Crippen LogP) is 1.81. The van der Waals surface area contributed by atoms with Gasteiger partial charge in [-0.2, -0.15) is 0 Å². The number of anilines is 1. The molecule has 1 aliphatic heterocycles. The lowest BCUT2D eigenvalue weighted by atomic mass is 10.00. The molecular formula is C15H22N2O2. The van der Waals surface area contributed by atoms with E-state index in [0.29, 0.717) is 6.42 Å². The van der Waals surface area contributed by atoms with Gasteiger partial charge < -0.3 is 15.0 Å². The van der Waals surface area contributed by atoms with E-state index in [9.17, 15) is 4.79 Å². The first-order valence-electron chi connectivity index (χ1n) is 6.88. The number of piperidine rings is 1. The monoisotopic (exact) mass is 262 g/mol. The van der Waals surface area contributed by atoms with Crippen molar-refractivity contribution in [1.29, 1.82) is 0 Å². The maximum Gasteiger partial charge on any atom is 0.227 e. The van der Waals surface area contributed by atoms with Crippen molar-refractivity contribution in [3.05, 3.63) is 30.3 Å². The molecule has 0 saturated carbocycles. The Hall–Kier alpha value is -1.39. The molecule has 4 nitrogen and oxygen atoms in total. The third kappa shape index (κ3) is 3.14. The first kappa shape index (κ1) is 14.0. The molecule has 0 spiro atoms. The number of amides is 1. The van der Waals surface area contributed by atoms with E-state index in [0.717, 1.165) is 25.2 Å². The second-order valence-corrected chi connectivity index (χ2v) is 4.79. The highest BCUT2D eigenvalue weighted by atomic mass is 16.5.